The average Bonchev–Trinajstić information content (AvgIpc) is 3.72. The van der Waals surface area contributed by atoms with E-state index in [2.05, 4.69) is 70.5 Å². The number of aryl methyl sites for hydroxylation is 2. The number of hydrogen-bond acceptors (Lipinski definition) is 9. The van der Waals surface area contributed by atoms with Crippen molar-refractivity contribution >= 4 is 11.6 Å². The molecule has 1 fully saturated rings. The largest absolute Gasteiger partial charge is 0.493 e. The minimum atomic E-state index is -0.202. The number of aliphatic hydroxyl groups is 1. The third-order valence-electron chi connectivity index (χ3n) is 9.75. The highest BCUT2D eigenvalue weighted by atomic mass is 35.5. The number of nitrogens with zero attached hydrogens (tertiary/aromatic N) is 5. The molecule has 3 aromatic carbocycles. The highest BCUT2D eigenvalue weighted by Crippen LogP contribution is 2.36. The van der Waals surface area contributed by atoms with Crippen LogP contribution < -0.4 is 19.5 Å². The summed E-state index contributed by atoms with van der Waals surface area (Å²) in [4.78, 5) is 6.46. The zero-order valence-electron chi connectivity index (χ0n) is 30.9. The lowest BCUT2D eigenvalue weighted by atomic mass is 9.93. The number of hydrogen-bond donors (Lipinski definition) is 2. The van der Waals surface area contributed by atoms with Gasteiger partial charge >= 0.3 is 0 Å². The first-order chi connectivity index (χ1) is 25.7. The van der Waals surface area contributed by atoms with Gasteiger partial charge in [-0.05, 0) is 85.7 Å². The molecule has 11 heteroatoms. The molecule has 0 radical (unpaired) electrons. The first-order valence-corrected chi connectivity index (χ1v) is 18.4. The van der Waals surface area contributed by atoms with Gasteiger partial charge in [-0.1, -0.05) is 41.9 Å². The Kier molecular flexibility index (Phi) is 12.7. The number of β-amino-alcohol motifs (C(OH)–C–C–N with tert-alkyl or cyclic N) is 1. The summed E-state index contributed by atoms with van der Waals surface area (Å²) < 4.78 is 20.8. The van der Waals surface area contributed by atoms with E-state index in [9.17, 15) is 10.4 Å². The maximum Gasteiger partial charge on any atom is 0.142 e. The Bertz CT molecular complexity index is 2060. The number of aliphatic hydroxyl groups excluding tert-OH is 1. The summed E-state index contributed by atoms with van der Waals surface area (Å²) in [6.07, 6.45) is 4.78. The van der Waals surface area contributed by atoms with Crippen molar-refractivity contribution in [1.82, 2.24) is 25.0 Å². The van der Waals surface area contributed by atoms with E-state index in [1.807, 2.05) is 42.9 Å². The van der Waals surface area contributed by atoms with Gasteiger partial charge in [-0.15, -0.1) is 0 Å². The van der Waals surface area contributed by atoms with E-state index in [0.717, 1.165) is 88.6 Å². The fourth-order valence-corrected chi connectivity index (χ4v) is 6.87. The summed E-state index contributed by atoms with van der Waals surface area (Å²) >= 11 is 6.85. The quantitative estimate of drug-likeness (QED) is 0.101. The second-order valence-corrected chi connectivity index (χ2v) is 14.0. The Hall–Kier alpha value is -4.92. The summed E-state index contributed by atoms with van der Waals surface area (Å²) in [5.74, 6) is 2.01. The van der Waals surface area contributed by atoms with Crippen molar-refractivity contribution in [1.29, 1.82) is 5.26 Å². The summed E-state index contributed by atoms with van der Waals surface area (Å²) in [6, 6.07) is 22.1. The molecule has 1 saturated heterocycles. The van der Waals surface area contributed by atoms with Gasteiger partial charge in [0.25, 0.3) is 0 Å². The van der Waals surface area contributed by atoms with Gasteiger partial charge in [0.1, 0.15) is 36.5 Å². The second kappa shape index (κ2) is 17.7. The Balaban J connectivity index is 1.15. The lowest BCUT2D eigenvalue weighted by Gasteiger charge is -2.19. The topological polar surface area (TPSA) is 118 Å². The first-order valence-electron chi connectivity index (χ1n) is 18.0. The molecule has 2 aromatic heterocycles. The fourth-order valence-electron chi connectivity index (χ4n) is 6.63. The maximum absolute atomic E-state index is 9.80. The van der Waals surface area contributed by atoms with Crippen LogP contribution in [-0.2, 0) is 33.4 Å². The smallest absolute Gasteiger partial charge is 0.142 e. The standard InChI is InChI=1S/C42H47ClN6O4/c1-28-16-35(47-48(28)4)24-46-23-34-18-39(43)42(19-41(34)52-26-32-17-31(20-44)21-45-22-32)53-27-33-8-5-9-37(29(33)2)38-10-6-11-40(30(38)3)51-15-7-13-49-14-12-36(50)25-49/h5-6,8-11,16-19,21-22,36,46,50H,7,12-15,23-27H2,1-4H3/t36-/m1/s1. The van der Waals surface area contributed by atoms with Crippen molar-refractivity contribution in [2.24, 2.45) is 7.05 Å². The van der Waals surface area contributed by atoms with Crippen molar-refractivity contribution in [3.05, 3.63) is 123 Å². The molecule has 6 rings (SSSR count). The van der Waals surface area contributed by atoms with Gasteiger partial charge in [0.15, 0.2) is 0 Å². The Morgan fingerprint density at radius 3 is 2.45 bits per heavy atom. The van der Waals surface area contributed by atoms with Crippen molar-refractivity contribution in [3.63, 3.8) is 0 Å². The molecule has 1 aliphatic heterocycles. The second-order valence-electron chi connectivity index (χ2n) is 13.6. The van der Waals surface area contributed by atoms with E-state index >= 15 is 0 Å². The molecule has 0 unspecified atom stereocenters. The molecule has 5 aromatic rings. The van der Waals surface area contributed by atoms with E-state index < -0.39 is 0 Å². The van der Waals surface area contributed by atoms with Crippen LogP contribution in [0.3, 0.4) is 0 Å². The third-order valence-corrected chi connectivity index (χ3v) is 10.0. The molecule has 10 nitrogen and oxygen atoms in total. The average molecular weight is 735 g/mol. The number of nitrogens with one attached hydrogen (secondary N) is 1. The molecule has 53 heavy (non-hydrogen) atoms. The summed E-state index contributed by atoms with van der Waals surface area (Å²) in [6.45, 7) is 11.1. The summed E-state index contributed by atoms with van der Waals surface area (Å²) in [5.41, 5.74) is 9.63. The molecule has 2 N–H and O–H groups in total. The van der Waals surface area contributed by atoms with Crippen LogP contribution in [0.15, 0.2) is 73.1 Å². The van der Waals surface area contributed by atoms with Gasteiger partial charge in [0.05, 0.1) is 29.0 Å². The van der Waals surface area contributed by atoms with Gasteiger partial charge in [0.2, 0.25) is 0 Å². The SMILES string of the molecule is Cc1c(COc2cc(OCc3cncc(C#N)c3)c(CNCc3cc(C)n(C)n3)cc2Cl)cccc1-c1cccc(OCCCN2CC[C@@H](O)C2)c1C. The van der Waals surface area contributed by atoms with Crippen LogP contribution >= 0.6 is 11.6 Å². The van der Waals surface area contributed by atoms with Crippen molar-refractivity contribution in [2.75, 3.05) is 26.2 Å². The van der Waals surface area contributed by atoms with Crippen LogP contribution in [0.1, 0.15) is 57.6 Å². The molecule has 1 atom stereocenters. The normalized spacial score (nSPS) is 14.3. The fraction of sp³-hybridized carbons (Fsp3) is 0.357. The number of likely N-dealkylation sites (tertiary alicyclic amines) is 1. The molecule has 276 valence electrons. The van der Waals surface area contributed by atoms with E-state index in [1.165, 1.54) is 6.20 Å². The van der Waals surface area contributed by atoms with Gasteiger partial charge in [-0.3, -0.25) is 9.67 Å². The Morgan fingerprint density at radius 1 is 0.906 bits per heavy atom. The minimum absolute atomic E-state index is 0.202. The zero-order valence-corrected chi connectivity index (χ0v) is 31.6. The van der Waals surface area contributed by atoms with Gasteiger partial charge in [-0.2, -0.15) is 10.4 Å². The lowest BCUT2D eigenvalue weighted by Crippen LogP contribution is -2.24. The number of benzene rings is 3. The number of halogens is 1. The lowest BCUT2D eigenvalue weighted by molar-refractivity contribution is 0.173. The molecule has 0 spiro atoms. The predicted molar refractivity (Wildman–Crippen MR) is 206 cm³/mol. The monoisotopic (exact) mass is 734 g/mol. The molecular weight excluding hydrogens is 688 g/mol. The molecular formula is C42H47ClN6O4. The van der Waals surface area contributed by atoms with Crippen LogP contribution in [0.25, 0.3) is 11.1 Å². The summed E-state index contributed by atoms with van der Waals surface area (Å²) in [5, 5.41) is 27.6. The van der Waals surface area contributed by atoms with E-state index in [1.54, 1.807) is 12.3 Å². The Morgan fingerprint density at radius 2 is 1.70 bits per heavy atom. The van der Waals surface area contributed by atoms with Crippen molar-refractivity contribution in [2.45, 2.75) is 66.0 Å². The minimum Gasteiger partial charge on any atom is -0.493 e. The van der Waals surface area contributed by atoms with Crippen LogP contribution in [0.5, 0.6) is 17.2 Å². The molecule has 0 saturated carbocycles. The highest BCUT2D eigenvalue weighted by Gasteiger charge is 2.20. The van der Waals surface area contributed by atoms with Gasteiger partial charge in [0, 0.05) is 75.1 Å². The number of aromatic nitrogens is 3. The number of nitriles is 1. The molecule has 0 aliphatic carbocycles. The predicted octanol–water partition coefficient (Wildman–Crippen LogP) is 7.22. The zero-order chi connectivity index (χ0) is 37.3. The first kappa shape index (κ1) is 37.8. The van der Waals surface area contributed by atoms with Crippen LogP contribution in [0.4, 0.5) is 0 Å². The molecule has 1 aliphatic rings. The molecule has 0 amide bonds. The van der Waals surface area contributed by atoms with Gasteiger partial charge < -0.3 is 29.5 Å². The molecule has 0 bridgehead atoms. The van der Waals surface area contributed by atoms with Crippen LogP contribution in [0.2, 0.25) is 5.02 Å². The van der Waals surface area contributed by atoms with Gasteiger partial charge in [-0.25, -0.2) is 0 Å². The van der Waals surface area contributed by atoms with Crippen molar-refractivity contribution in [3.8, 4) is 34.4 Å². The maximum atomic E-state index is 9.80. The number of ether oxygens (including phenoxy) is 3. The van der Waals surface area contributed by atoms with Crippen LogP contribution in [-0.4, -0.2) is 57.1 Å². The highest BCUT2D eigenvalue weighted by molar-refractivity contribution is 6.32. The molecule has 3 heterocycles. The van der Waals surface area contributed by atoms with E-state index in [4.69, 9.17) is 25.8 Å². The number of rotatable bonds is 16. The van der Waals surface area contributed by atoms with E-state index in [0.29, 0.717) is 48.4 Å². The number of pyridine rings is 1. The Labute approximate surface area is 316 Å². The van der Waals surface area contributed by atoms with Crippen molar-refractivity contribution < 1.29 is 19.3 Å². The van der Waals surface area contributed by atoms with Crippen LogP contribution in [0, 0.1) is 32.1 Å². The summed E-state index contributed by atoms with van der Waals surface area (Å²) in [7, 11) is 1.93. The van der Waals surface area contributed by atoms with E-state index in [-0.39, 0.29) is 12.7 Å². The third kappa shape index (κ3) is 9.75.